The standard InChI is InChI=1S/C10H18NO3/c1-9(12)5-6-10(13)14-8-7-11(2,3)4/h5-6H,7-8H2,1-4H3/q+1/b6-5+. The maximum absolute atomic E-state index is 11.0. The van der Waals surface area contributed by atoms with Crippen molar-refractivity contribution in [3.8, 4) is 0 Å². The molecule has 0 aromatic rings. The van der Waals surface area contributed by atoms with E-state index in [1.165, 1.54) is 13.0 Å². The molecule has 0 aliphatic carbocycles. The summed E-state index contributed by atoms with van der Waals surface area (Å²) in [6, 6.07) is 0. The summed E-state index contributed by atoms with van der Waals surface area (Å²) in [5.74, 6) is -0.623. The number of carbonyl (C=O) groups excluding carboxylic acids is 2. The Balaban J connectivity index is 3.71. The molecule has 4 nitrogen and oxygen atoms in total. The molecule has 0 aromatic heterocycles. The monoisotopic (exact) mass is 200 g/mol. The summed E-state index contributed by atoms with van der Waals surface area (Å²) in [6.07, 6.45) is 2.35. The third kappa shape index (κ3) is 8.93. The number of rotatable bonds is 5. The van der Waals surface area contributed by atoms with Gasteiger partial charge in [-0.1, -0.05) is 0 Å². The smallest absolute Gasteiger partial charge is 0.331 e. The average molecular weight is 200 g/mol. The molecule has 0 N–H and O–H groups in total. The highest BCUT2D eigenvalue weighted by molar-refractivity contribution is 5.94. The van der Waals surface area contributed by atoms with E-state index in [0.717, 1.165) is 17.1 Å². The minimum atomic E-state index is -0.464. The van der Waals surface area contributed by atoms with Gasteiger partial charge in [0, 0.05) is 6.08 Å². The first-order valence-corrected chi connectivity index (χ1v) is 4.47. The maximum atomic E-state index is 11.0. The average Bonchev–Trinajstić information content (AvgIpc) is 1.98. The van der Waals surface area contributed by atoms with Gasteiger partial charge in [0.25, 0.3) is 0 Å². The topological polar surface area (TPSA) is 43.4 Å². The minimum absolute atomic E-state index is 0.159. The van der Waals surface area contributed by atoms with Gasteiger partial charge in [0.15, 0.2) is 5.78 Å². The Morgan fingerprint density at radius 2 is 1.79 bits per heavy atom. The SMILES string of the molecule is CC(=O)/C=C/C(=O)OCC[N+](C)(C)C. The van der Waals surface area contributed by atoms with Crippen LogP contribution in [0, 0.1) is 0 Å². The molecule has 0 saturated carbocycles. The fourth-order valence-corrected chi connectivity index (χ4v) is 0.654. The van der Waals surface area contributed by atoms with Gasteiger partial charge in [-0.2, -0.15) is 0 Å². The second-order valence-electron chi connectivity index (χ2n) is 4.13. The molecule has 0 atom stereocenters. The highest BCUT2D eigenvalue weighted by atomic mass is 16.5. The largest absolute Gasteiger partial charge is 0.457 e. The minimum Gasteiger partial charge on any atom is -0.457 e. The quantitative estimate of drug-likeness (QED) is 0.366. The molecule has 0 unspecified atom stereocenters. The molecule has 0 spiro atoms. The van der Waals surface area contributed by atoms with Crippen molar-refractivity contribution in [1.29, 1.82) is 0 Å². The zero-order valence-electron chi connectivity index (χ0n) is 9.24. The molecule has 0 aromatic carbocycles. The fraction of sp³-hybridized carbons (Fsp3) is 0.600. The second-order valence-corrected chi connectivity index (χ2v) is 4.13. The van der Waals surface area contributed by atoms with Gasteiger partial charge in [0.05, 0.1) is 21.1 Å². The lowest BCUT2D eigenvalue weighted by atomic mass is 10.4. The molecule has 80 valence electrons. The molecule has 0 amide bonds. The van der Waals surface area contributed by atoms with E-state index in [1.54, 1.807) is 0 Å². The third-order valence-electron chi connectivity index (χ3n) is 1.46. The lowest BCUT2D eigenvalue weighted by Gasteiger charge is -2.23. The molecule has 0 aliphatic rings. The number of carbonyl (C=O) groups is 2. The molecule has 4 heteroatoms. The maximum Gasteiger partial charge on any atom is 0.331 e. The summed E-state index contributed by atoms with van der Waals surface area (Å²) in [5.41, 5.74) is 0. The van der Waals surface area contributed by atoms with Gasteiger partial charge in [0.1, 0.15) is 13.2 Å². The van der Waals surface area contributed by atoms with Crippen LogP contribution in [-0.2, 0) is 14.3 Å². The number of hydrogen-bond acceptors (Lipinski definition) is 3. The van der Waals surface area contributed by atoms with Crippen molar-refractivity contribution in [2.24, 2.45) is 0 Å². The number of nitrogens with zero attached hydrogens (tertiary/aromatic N) is 1. The van der Waals surface area contributed by atoms with Crippen LogP contribution in [0.2, 0.25) is 0 Å². The van der Waals surface area contributed by atoms with Crippen molar-refractivity contribution in [2.75, 3.05) is 34.3 Å². The predicted octanol–water partition coefficient (Wildman–Crippen LogP) is 0.381. The first kappa shape index (κ1) is 12.8. The molecule has 0 aliphatic heterocycles. The van der Waals surface area contributed by atoms with Gasteiger partial charge in [-0.3, -0.25) is 4.79 Å². The molecule has 0 rings (SSSR count). The molecular formula is C10H18NO3+. The van der Waals surface area contributed by atoms with E-state index < -0.39 is 5.97 Å². The van der Waals surface area contributed by atoms with Gasteiger partial charge < -0.3 is 9.22 Å². The number of ether oxygens (including phenoxy) is 1. The lowest BCUT2D eigenvalue weighted by Crippen LogP contribution is -2.37. The van der Waals surface area contributed by atoms with Gasteiger partial charge in [-0.25, -0.2) is 4.79 Å². The third-order valence-corrected chi connectivity index (χ3v) is 1.46. The Bertz CT molecular complexity index is 238. The van der Waals surface area contributed by atoms with Crippen LogP contribution in [0.4, 0.5) is 0 Å². The van der Waals surface area contributed by atoms with E-state index in [0.29, 0.717) is 6.61 Å². The second kappa shape index (κ2) is 5.54. The lowest BCUT2D eigenvalue weighted by molar-refractivity contribution is -0.870. The molecular weight excluding hydrogens is 182 g/mol. The Morgan fingerprint density at radius 3 is 2.21 bits per heavy atom. The first-order chi connectivity index (χ1) is 6.31. The zero-order chi connectivity index (χ0) is 11.2. The van der Waals surface area contributed by atoms with Crippen molar-refractivity contribution in [2.45, 2.75) is 6.92 Å². The van der Waals surface area contributed by atoms with Crippen LogP contribution in [-0.4, -0.2) is 50.5 Å². The van der Waals surface area contributed by atoms with E-state index >= 15 is 0 Å². The van der Waals surface area contributed by atoms with Crippen LogP contribution < -0.4 is 0 Å². The summed E-state index contributed by atoms with van der Waals surface area (Å²) < 4.78 is 5.61. The van der Waals surface area contributed by atoms with Crippen molar-refractivity contribution < 1.29 is 18.8 Å². The first-order valence-electron chi connectivity index (χ1n) is 4.47. The van der Waals surface area contributed by atoms with Crippen molar-refractivity contribution in [3.63, 3.8) is 0 Å². The van der Waals surface area contributed by atoms with E-state index in [1.807, 2.05) is 21.1 Å². The van der Waals surface area contributed by atoms with Crippen LogP contribution in [0.1, 0.15) is 6.92 Å². The number of likely N-dealkylation sites (N-methyl/N-ethyl adjacent to an activating group) is 1. The Morgan fingerprint density at radius 1 is 1.21 bits per heavy atom. The summed E-state index contributed by atoms with van der Waals surface area (Å²) in [5, 5.41) is 0. The van der Waals surface area contributed by atoms with E-state index in [4.69, 9.17) is 4.74 Å². The summed E-state index contributed by atoms with van der Waals surface area (Å²) >= 11 is 0. The Hall–Kier alpha value is -1.16. The van der Waals surface area contributed by atoms with Gasteiger partial charge in [-0.15, -0.1) is 0 Å². The van der Waals surface area contributed by atoms with Crippen molar-refractivity contribution >= 4 is 11.8 Å². The number of quaternary nitrogens is 1. The van der Waals surface area contributed by atoms with Crippen LogP contribution in [0.5, 0.6) is 0 Å². The van der Waals surface area contributed by atoms with Crippen LogP contribution >= 0.6 is 0 Å². The number of esters is 1. The van der Waals surface area contributed by atoms with Crippen LogP contribution in [0.15, 0.2) is 12.2 Å². The predicted molar refractivity (Wildman–Crippen MR) is 53.7 cm³/mol. The van der Waals surface area contributed by atoms with E-state index in [9.17, 15) is 9.59 Å². The van der Waals surface area contributed by atoms with Crippen LogP contribution in [0.25, 0.3) is 0 Å². The summed E-state index contributed by atoms with van der Waals surface area (Å²) in [4.78, 5) is 21.4. The zero-order valence-corrected chi connectivity index (χ0v) is 9.24. The van der Waals surface area contributed by atoms with Gasteiger partial charge in [0.2, 0.25) is 0 Å². The molecule has 14 heavy (non-hydrogen) atoms. The van der Waals surface area contributed by atoms with Crippen molar-refractivity contribution in [3.05, 3.63) is 12.2 Å². The van der Waals surface area contributed by atoms with Crippen molar-refractivity contribution in [1.82, 2.24) is 0 Å². The normalized spacial score (nSPS) is 11.7. The van der Waals surface area contributed by atoms with Gasteiger partial charge in [-0.05, 0) is 13.0 Å². The fourth-order valence-electron chi connectivity index (χ4n) is 0.654. The molecule has 0 fully saturated rings. The number of ketones is 1. The molecule has 0 radical (unpaired) electrons. The van der Waals surface area contributed by atoms with E-state index in [-0.39, 0.29) is 5.78 Å². The number of allylic oxidation sites excluding steroid dienone is 1. The van der Waals surface area contributed by atoms with Gasteiger partial charge >= 0.3 is 5.97 Å². The number of hydrogen-bond donors (Lipinski definition) is 0. The highest BCUT2D eigenvalue weighted by Gasteiger charge is 2.07. The molecule has 0 heterocycles. The highest BCUT2D eigenvalue weighted by Crippen LogP contribution is 1.90. The molecule has 0 bridgehead atoms. The Labute approximate surface area is 84.7 Å². The summed E-state index contributed by atoms with van der Waals surface area (Å²) in [7, 11) is 6.04. The van der Waals surface area contributed by atoms with Crippen LogP contribution in [0.3, 0.4) is 0 Å². The summed E-state index contributed by atoms with van der Waals surface area (Å²) in [6.45, 7) is 2.50. The van der Waals surface area contributed by atoms with E-state index in [2.05, 4.69) is 0 Å². The Kier molecular flexibility index (Phi) is 5.09. The molecule has 0 saturated heterocycles.